The van der Waals surface area contributed by atoms with Gasteiger partial charge >= 0.3 is 0 Å². The Morgan fingerprint density at radius 1 is 0.947 bits per heavy atom. The van der Waals surface area contributed by atoms with Gasteiger partial charge in [-0.25, -0.2) is 0 Å². The molecular weight excluding hydrogens is 228 g/mol. The molecule has 0 amide bonds. The minimum atomic E-state index is 1.17. The van der Waals surface area contributed by atoms with E-state index in [1.165, 1.54) is 36.8 Å². The maximum atomic E-state index is 3.56. The molecule has 0 fully saturated rings. The molecule has 1 rings (SSSR count). The van der Waals surface area contributed by atoms with Crippen LogP contribution in [0.25, 0.3) is 0 Å². The Labute approximate surface area is 121 Å². The molecule has 0 aliphatic carbocycles. The molecule has 0 aliphatic heterocycles. The quantitative estimate of drug-likeness (QED) is 0.543. The predicted octanol–water partition coefficient (Wildman–Crippen LogP) is 6.51. The van der Waals surface area contributed by atoms with E-state index in [1.807, 2.05) is 27.7 Å². The number of allylic oxidation sites excluding steroid dienone is 1. The molecule has 0 bridgehead atoms. The third-order valence-corrected chi connectivity index (χ3v) is 2.40. The van der Waals surface area contributed by atoms with Crippen LogP contribution in [-0.4, -0.2) is 0 Å². The Hall–Kier alpha value is -1.04. The molecular formula is C19H34. The molecule has 1 aromatic rings. The van der Waals surface area contributed by atoms with E-state index in [-0.39, 0.29) is 0 Å². The molecule has 0 saturated carbocycles. The van der Waals surface area contributed by atoms with E-state index in [2.05, 4.69) is 45.5 Å². The maximum Gasteiger partial charge on any atom is -0.0279 e. The smallest absolute Gasteiger partial charge is 0.0279 e. The lowest BCUT2D eigenvalue weighted by molar-refractivity contribution is 0.859. The first-order chi connectivity index (χ1) is 9.01. The summed E-state index contributed by atoms with van der Waals surface area (Å²) in [6, 6.07) is 6.86. The largest absolute Gasteiger partial charge is 0.100 e. The highest BCUT2D eigenvalue weighted by Crippen LogP contribution is 2.15. The minimum Gasteiger partial charge on any atom is -0.100 e. The normalized spacial score (nSPS) is 8.79. The SMILES string of the molecule is C=C(C)C.CC.CCCc1ccc(C)cc1CCC. The molecule has 110 valence electrons. The Morgan fingerprint density at radius 2 is 1.37 bits per heavy atom. The number of aryl methyl sites for hydroxylation is 3. The van der Waals surface area contributed by atoms with Crippen molar-refractivity contribution in [2.75, 3.05) is 0 Å². The van der Waals surface area contributed by atoms with Crippen molar-refractivity contribution in [3.63, 3.8) is 0 Å². The van der Waals surface area contributed by atoms with Gasteiger partial charge in [-0.1, -0.05) is 69.9 Å². The lowest BCUT2D eigenvalue weighted by Gasteiger charge is -2.08. The third kappa shape index (κ3) is 11.8. The first-order valence-electron chi connectivity index (χ1n) is 7.71. The zero-order valence-corrected chi connectivity index (χ0v) is 14.3. The first-order valence-corrected chi connectivity index (χ1v) is 7.71. The van der Waals surface area contributed by atoms with Crippen LogP contribution in [-0.2, 0) is 12.8 Å². The summed E-state index contributed by atoms with van der Waals surface area (Å²) in [6.07, 6.45) is 4.96. The molecule has 0 heteroatoms. The summed E-state index contributed by atoms with van der Waals surface area (Å²) >= 11 is 0. The molecule has 0 N–H and O–H groups in total. The molecule has 19 heavy (non-hydrogen) atoms. The second kappa shape index (κ2) is 13.4. The van der Waals surface area contributed by atoms with Gasteiger partial charge in [0.15, 0.2) is 0 Å². The minimum absolute atomic E-state index is 1.17. The van der Waals surface area contributed by atoms with Gasteiger partial charge in [-0.2, -0.15) is 0 Å². The van der Waals surface area contributed by atoms with Crippen molar-refractivity contribution in [3.05, 3.63) is 47.0 Å². The zero-order chi connectivity index (χ0) is 15.3. The third-order valence-electron chi connectivity index (χ3n) is 2.40. The first kappa shape index (κ1) is 20.3. The van der Waals surface area contributed by atoms with Crippen molar-refractivity contribution < 1.29 is 0 Å². The van der Waals surface area contributed by atoms with Crippen molar-refractivity contribution in [1.29, 1.82) is 0 Å². The molecule has 0 unspecified atom stereocenters. The van der Waals surface area contributed by atoms with Crippen LogP contribution >= 0.6 is 0 Å². The summed E-state index contributed by atoms with van der Waals surface area (Å²) in [5.41, 5.74) is 5.67. The summed E-state index contributed by atoms with van der Waals surface area (Å²) in [6.45, 7) is 18.2. The average Bonchev–Trinajstić information content (AvgIpc) is 2.35. The van der Waals surface area contributed by atoms with Gasteiger partial charge in [0.1, 0.15) is 0 Å². The monoisotopic (exact) mass is 262 g/mol. The van der Waals surface area contributed by atoms with E-state index < -0.39 is 0 Å². The van der Waals surface area contributed by atoms with E-state index in [9.17, 15) is 0 Å². The van der Waals surface area contributed by atoms with Gasteiger partial charge in [0.25, 0.3) is 0 Å². The fourth-order valence-electron chi connectivity index (χ4n) is 1.77. The van der Waals surface area contributed by atoms with Gasteiger partial charge in [0, 0.05) is 0 Å². The summed E-state index contributed by atoms with van der Waals surface area (Å²) in [5.74, 6) is 0. The van der Waals surface area contributed by atoms with Gasteiger partial charge in [-0.15, -0.1) is 6.58 Å². The summed E-state index contributed by atoms with van der Waals surface area (Å²) in [7, 11) is 0. The fourth-order valence-corrected chi connectivity index (χ4v) is 1.77. The predicted molar refractivity (Wildman–Crippen MR) is 91.0 cm³/mol. The molecule has 0 heterocycles. The second-order valence-corrected chi connectivity index (χ2v) is 4.98. The van der Waals surface area contributed by atoms with Gasteiger partial charge in [-0.3, -0.25) is 0 Å². The Balaban J connectivity index is 0. The number of hydrogen-bond donors (Lipinski definition) is 0. The Morgan fingerprint density at radius 3 is 1.79 bits per heavy atom. The fraction of sp³-hybridized carbons (Fsp3) is 0.579. The number of rotatable bonds is 4. The van der Waals surface area contributed by atoms with Gasteiger partial charge in [0.2, 0.25) is 0 Å². The van der Waals surface area contributed by atoms with E-state index in [0.717, 1.165) is 0 Å². The lowest BCUT2D eigenvalue weighted by Crippen LogP contribution is -1.94. The zero-order valence-electron chi connectivity index (χ0n) is 14.3. The van der Waals surface area contributed by atoms with Crippen LogP contribution in [0.1, 0.15) is 71.1 Å². The molecule has 0 aromatic heterocycles. The van der Waals surface area contributed by atoms with Gasteiger partial charge in [0.05, 0.1) is 0 Å². The van der Waals surface area contributed by atoms with Crippen molar-refractivity contribution in [1.82, 2.24) is 0 Å². The van der Waals surface area contributed by atoms with Crippen LogP contribution < -0.4 is 0 Å². The van der Waals surface area contributed by atoms with Gasteiger partial charge < -0.3 is 0 Å². The highest BCUT2D eigenvalue weighted by atomic mass is 14.1. The summed E-state index contributed by atoms with van der Waals surface area (Å²) in [5, 5.41) is 0. The standard InChI is InChI=1S/C13H20.C4H8.C2H6/c1-4-6-12-9-8-11(3)10-13(12)7-5-2;1-4(2)3;1-2/h8-10H,4-7H2,1-3H3;1H2,2-3H3;1-2H3. The molecule has 0 spiro atoms. The van der Waals surface area contributed by atoms with Crippen molar-refractivity contribution in [3.8, 4) is 0 Å². The maximum absolute atomic E-state index is 3.56. The highest BCUT2D eigenvalue weighted by Gasteiger charge is 2.00. The van der Waals surface area contributed by atoms with Crippen LogP contribution in [0.3, 0.4) is 0 Å². The van der Waals surface area contributed by atoms with Crippen molar-refractivity contribution in [2.24, 2.45) is 0 Å². The topological polar surface area (TPSA) is 0 Å². The number of hydrogen-bond acceptors (Lipinski definition) is 0. The van der Waals surface area contributed by atoms with E-state index in [0.29, 0.717) is 0 Å². The van der Waals surface area contributed by atoms with Gasteiger partial charge in [-0.05, 0) is 44.7 Å². The van der Waals surface area contributed by atoms with Crippen molar-refractivity contribution >= 4 is 0 Å². The second-order valence-electron chi connectivity index (χ2n) is 4.98. The van der Waals surface area contributed by atoms with E-state index in [1.54, 1.807) is 11.1 Å². The van der Waals surface area contributed by atoms with Crippen molar-refractivity contribution in [2.45, 2.75) is 74.1 Å². The molecule has 0 saturated heterocycles. The Bertz CT molecular complexity index is 330. The highest BCUT2D eigenvalue weighted by molar-refractivity contribution is 5.31. The molecule has 0 nitrogen and oxygen atoms in total. The van der Waals surface area contributed by atoms with E-state index >= 15 is 0 Å². The summed E-state index contributed by atoms with van der Waals surface area (Å²) < 4.78 is 0. The van der Waals surface area contributed by atoms with Crippen LogP contribution in [0.2, 0.25) is 0 Å². The van der Waals surface area contributed by atoms with Crippen LogP contribution in [0.15, 0.2) is 30.4 Å². The molecule has 0 radical (unpaired) electrons. The molecule has 1 aromatic carbocycles. The summed E-state index contributed by atoms with van der Waals surface area (Å²) in [4.78, 5) is 0. The van der Waals surface area contributed by atoms with Crippen LogP contribution in [0.4, 0.5) is 0 Å². The average molecular weight is 262 g/mol. The lowest BCUT2D eigenvalue weighted by atomic mass is 9.98. The molecule has 0 atom stereocenters. The number of benzene rings is 1. The van der Waals surface area contributed by atoms with E-state index in [4.69, 9.17) is 0 Å². The van der Waals surface area contributed by atoms with Crippen LogP contribution in [0, 0.1) is 6.92 Å². The Kier molecular flexibility index (Phi) is 14.3. The van der Waals surface area contributed by atoms with Crippen LogP contribution in [0.5, 0.6) is 0 Å². The molecule has 0 aliphatic rings.